The van der Waals surface area contributed by atoms with E-state index < -0.39 is 0 Å². The lowest BCUT2D eigenvalue weighted by Crippen LogP contribution is -2.02. The predicted molar refractivity (Wildman–Crippen MR) is 73.1 cm³/mol. The molecule has 0 spiro atoms. The van der Waals surface area contributed by atoms with E-state index in [1.807, 2.05) is 55.5 Å². The van der Waals surface area contributed by atoms with Crippen molar-refractivity contribution in [1.82, 2.24) is 0 Å². The van der Waals surface area contributed by atoms with Crippen LogP contribution in [0.5, 0.6) is 5.75 Å². The molecule has 0 saturated carbocycles. The number of rotatable bonds is 3. The Balaban J connectivity index is 2.29. The van der Waals surface area contributed by atoms with Crippen molar-refractivity contribution in [1.29, 1.82) is 0 Å². The van der Waals surface area contributed by atoms with Crippen LogP contribution in [0, 0.1) is 6.92 Å². The number of hydrogen-bond donors (Lipinski definition) is 0. The third-order valence-corrected chi connectivity index (χ3v) is 3.39. The van der Waals surface area contributed by atoms with Crippen molar-refractivity contribution in [3.05, 3.63) is 54.1 Å². The highest BCUT2D eigenvalue weighted by Gasteiger charge is 2.08. The summed E-state index contributed by atoms with van der Waals surface area (Å²) in [5.74, 6) is 0.326. The van der Waals surface area contributed by atoms with Gasteiger partial charge in [0.2, 0.25) is 0 Å². The summed E-state index contributed by atoms with van der Waals surface area (Å²) in [7, 11) is 0. The minimum atomic E-state index is -0.296. The first-order valence-electron chi connectivity index (χ1n) is 5.67. The van der Waals surface area contributed by atoms with Gasteiger partial charge in [0.15, 0.2) is 0 Å². The summed E-state index contributed by atoms with van der Waals surface area (Å²) in [6, 6.07) is 15.9. The van der Waals surface area contributed by atoms with Crippen molar-refractivity contribution in [3.63, 3.8) is 0 Å². The summed E-state index contributed by atoms with van der Waals surface area (Å²) in [5, 5.41) is 0. The summed E-state index contributed by atoms with van der Waals surface area (Å²) >= 11 is 1.59. The van der Waals surface area contributed by atoms with Crippen LogP contribution in [0.25, 0.3) is 0 Å². The van der Waals surface area contributed by atoms with Crippen molar-refractivity contribution >= 4 is 17.7 Å². The Hall–Kier alpha value is -1.74. The van der Waals surface area contributed by atoms with E-state index in [9.17, 15) is 4.79 Å². The van der Waals surface area contributed by atoms with Gasteiger partial charge in [-0.15, -0.1) is 0 Å². The van der Waals surface area contributed by atoms with Crippen molar-refractivity contribution < 1.29 is 9.53 Å². The third kappa shape index (κ3) is 3.37. The molecule has 0 aliphatic carbocycles. The molecule has 0 fully saturated rings. The molecular formula is C15H14O2S. The second kappa shape index (κ2) is 5.74. The fourth-order valence-electron chi connectivity index (χ4n) is 1.55. The number of hydrogen-bond acceptors (Lipinski definition) is 3. The van der Waals surface area contributed by atoms with E-state index in [1.165, 1.54) is 6.92 Å². The summed E-state index contributed by atoms with van der Waals surface area (Å²) in [6.45, 7) is 3.39. The average molecular weight is 258 g/mol. The van der Waals surface area contributed by atoms with Gasteiger partial charge in [0.25, 0.3) is 0 Å². The van der Waals surface area contributed by atoms with Crippen LogP contribution in [0.4, 0.5) is 0 Å². The Morgan fingerprint density at radius 2 is 1.83 bits per heavy atom. The fourth-order valence-corrected chi connectivity index (χ4v) is 2.43. The molecule has 0 unspecified atom stereocenters. The van der Waals surface area contributed by atoms with Gasteiger partial charge in [-0.1, -0.05) is 36.0 Å². The summed E-state index contributed by atoms with van der Waals surface area (Å²) in [5.41, 5.74) is 1.07. The zero-order valence-electron chi connectivity index (χ0n) is 10.3. The van der Waals surface area contributed by atoms with Crippen LogP contribution in [-0.4, -0.2) is 5.97 Å². The summed E-state index contributed by atoms with van der Waals surface area (Å²) in [6.07, 6.45) is 0. The molecule has 0 aliphatic heterocycles. The lowest BCUT2D eigenvalue weighted by atomic mass is 10.2. The fraction of sp³-hybridized carbons (Fsp3) is 0.133. The lowest BCUT2D eigenvalue weighted by Gasteiger charge is -2.09. The molecule has 0 aromatic heterocycles. The van der Waals surface area contributed by atoms with Crippen LogP contribution in [0.15, 0.2) is 58.3 Å². The standard InChI is InChI=1S/C15H14O2S/c1-11-8-9-15(14(10-11)17-12(2)16)18-13-6-4-3-5-7-13/h3-10H,1-2H3. The molecular weight excluding hydrogens is 244 g/mol. The van der Waals surface area contributed by atoms with Crippen molar-refractivity contribution in [2.24, 2.45) is 0 Å². The van der Waals surface area contributed by atoms with Gasteiger partial charge in [-0.2, -0.15) is 0 Å². The highest BCUT2D eigenvalue weighted by atomic mass is 32.2. The molecule has 0 radical (unpaired) electrons. The topological polar surface area (TPSA) is 26.3 Å². The van der Waals surface area contributed by atoms with Crippen LogP contribution in [-0.2, 0) is 4.79 Å². The SMILES string of the molecule is CC(=O)Oc1cc(C)ccc1Sc1ccccc1. The molecule has 0 amide bonds. The zero-order valence-corrected chi connectivity index (χ0v) is 11.2. The summed E-state index contributed by atoms with van der Waals surface area (Å²) in [4.78, 5) is 13.2. The number of esters is 1. The largest absolute Gasteiger partial charge is 0.426 e. The zero-order chi connectivity index (χ0) is 13.0. The van der Waals surface area contributed by atoms with Gasteiger partial charge in [0.05, 0.1) is 4.90 Å². The normalized spacial score (nSPS) is 10.1. The Bertz CT molecular complexity index is 550. The van der Waals surface area contributed by atoms with Crippen molar-refractivity contribution in [3.8, 4) is 5.75 Å². The monoisotopic (exact) mass is 258 g/mol. The molecule has 0 saturated heterocycles. The first kappa shape index (κ1) is 12.7. The van der Waals surface area contributed by atoms with E-state index in [1.54, 1.807) is 11.8 Å². The lowest BCUT2D eigenvalue weighted by molar-refractivity contribution is -0.132. The van der Waals surface area contributed by atoms with E-state index >= 15 is 0 Å². The van der Waals surface area contributed by atoms with Gasteiger partial charge in [0.1, 0.15) is 5.75 Å². The Labute approximate surface area is 111 Å². The Morgan fingerprint density at radius 1 is 1.11 bits per heavy atom. The van der Waals surface area contributed by atoms with Crippen LogP contribution < -0.4 is 4.74 Å². The van der Waals surface area contributed by atoms with E-state index in [0.717, 1.165) is 15.4 Å². The van der Waals surface area contributed by atoms with Crippen molar-refractivity contribution in [2.45, 2.75) is 23.6 Å². The molecule has 2 aromatic carbocycles. The Kier molecular flexibility index (Phi) is 4.05. The molecule has 0 aliphatic rings. The van der Waals surface area contributed by atoms with Crippen LogP contribution >= 0.6 is 11.8 Å². The molecule has 0 heterocycles. The highest BCUT2D eigenvalue weighted by molar-refractivity contribution is 7.99. The van der Waals surface area contributed by atoms with E-state index in [2.05, 4.69) is 0 Å². The average Bonchev–Trinajstić information content (AvgIpc) is 2.33. The minimum absolute atomic E-state index is 0.296. The van der Waals surface area contributed by atoms with Gasteiger partial charge in [-0.3, -0.25) is 4.79 Å². The summed E-state index contributed by atoms with van der Waals surface area (Å²) < 4.78 is 5.24. The quantitative estimate of drug-likeness (QED) is 0.613. The second-order valence-corrected chi connectivity index (χ2v) is 5.07. The van der Waals surface area contributed by atoms with Crippen LogP contribution in [0.2, 0.25) is 0 Å². The maximum Gasteiger partial charge on any atom is 0.308 e. The number of aryl methyl sites for hydroxylation is 1. The van der Waals surface area contributed by atoms with E-state index in [4.69, 9.17) is 4.74 Å². The number of carbonyl (C=O) groups excluding carboxylic acids is 1. The molecule has 0 bridgehead atoms. The minimum Gasteiger partial charge on any atom is -0.426 e. The molecule has 2 rings (SSSR count). The molecule has 92 valence electrons. The first-order chi connectivity index (χ1) is 8.65. The Morgan fingerprint density at radius 3 is 2.50 bits per heavy atom. The molecule has 2 aromatic rings. The highest BCUT2D eigenvalue weighted by Crippen LogP contribution is 2.35. The maximum atomic E-state index is 11.1. The van der Waals surface area contributed by atoms with E-state index in [-0.39, 0.29) is 5.97 Å². The molecule has 2 nitrogen and oxygen atoms in total. The first-order valence-corrected chi connectivity index (χ1v) is 6.49. The van der Waals surface area contributed by atoms with Gasteiger partial charge in [-0.05, 0) is 36.8 Å². The molecule has 3 heteroatoms. The van der Waals surface area contributed by atoms with Gasteiger partial charge in [0, 0.05) is 11.8 Å². The molecule has 0 atom stereocenters. The van der Waals surface area contributed by atoms with Crippen LogP contribution in [0.1, 0.15) is 12.5 Å². The molecule has 18 heavy (non-hydrogen) atoms. The maximum absolute atomic E-state index is 11.1. The van der Waals surface area contributed by atoms with Crippen LogP contribution in [0.3, 0.4) is 0 Å². The second-order valence-electron chi connectivity index (χ2n) is 3.96. The predicted octanol–water partition coefficient (Wildman–Crippen LogP) is 4.07. The number of ether oxygens (including phenoxy) is 1. The van der Waals surface area contributed by atoms with Gasteiger partial charge >= 0.3 is 5.97 Å². The van der Waals surface area contributed by atoms with Gasteiger partial charge in [-0.25, -0.2) is 0 Å². The van der Waals surface area contributed by atoms with Gasteiger partial charge < -0.3 is 4.74 Å². The smallest absolute Gasteiger partial charge is 0.308 e. The van der Waals surface area contributed by atoms with Crippen molar-refractivity contribution in [2.75, 3.05) is 0 Å². The molecule has 0 N–H and O–H groups in total. The number of carbonyl (C=O) groups is 1. The number of benzene rings is 2. The third-order valence-electron chi connectivity index (χ3n) is 2.32. The van der Waals surface area contributed by atoms with E-state index in [0.29, 0.717) is 5.75 Å².